The Balaban J connectivity index is 0.000000547. The second kappa shape index (κ2) is 19.1. The average molecular weight is 293 g/mol. The van der Waals surface area contributed by atoms with Gasteiger partial charge in [0.15, 0.2) is 0 Å². The van der Waals surface area contributed by atoms with E-state index in [0.717, 1.165) is 6.54 Å². The van der Waals surface area contributed by atoms with Crippen LogP contribution >= 0.6 is 0 Å². The Hall–Kier alpha value is -0.890. The largest absolute Gasteiger partial charge is 0.330 e. The van der Waals surface area contributed by atoms with Crippen LogP contribution < -0.4 is 5.73 Å². The maximum atomic E-state index is 5.45. The third kappa shape index (κ3) is 19.1. The Morgan fingerprint density at radius 3 is 1.33 bits per heavy atom. The number of rotatable bonds is 12. The maximum Gasteiger partial charge on any atom is 0.0267 e. The minimum Gasteiger partial charge on any atom is -0.330 e. The van der Waals surface area contributed by atoms with E-state index in [1.807, 2.05) is 18.2 Å². The van der Waals surface area contributed by atoms with E-state index in [1.54, 1.807) is 12.4 Å². The SMILES string of the molecule is CCCCCCCCCCCCCCN.c1ccncc1. The third-order valence-electron chi connectivity index (χ3n) is 3.62. The summed E-state index contributed by atoms with van der Waals surface area (Å²) in [4.78, 5) is 3.78. The standard InChI is InChI=1S/C14H31N.C5H5N/c1-2-3-4-5-6-7-8-9-10-11-12-13-14-15;1-2-4-6-5-3-1/h2-15H2,1H3;1-5H. The minimum atomic E-state index is 0.872. The predicted molar refractivity (Wildman–Crippen MR) is 94.4 cm³/mol. The normalized spacial score (nSPS) is 10.0. The predicted octanol–water partition coefficient (Wildman–Crippen LogP) is 5.73. The number of hydrogen-bond donors (Lipinski definition) is 1. The molecule has 0 bridgehead atoms. The van der Waals surface area contributed by atoms with Crippen molar-refractivity contribution in [2.75, 3.05) is 6.54 Å². The molecule has 0 aliphatic heterocycles. The van der Waals surface area contributed by atoms with Crippen LogP contribution in [0.5, 0.6) is 0 Å². The lowest BCUT2D eigenvalue weighted by Crippen LogP contribution is -1.97. The highest BCUT2D eigenvalue weighted by Gasteiger charge is 1.92. The highest BCUT2D eigenvalue weighted by Crippen LogP contribution is 2.11. The molecule has 0 spiro atoms. The molecule has 1 heterocycles. The van der Waals surface area contributed by atoms with Gasteiger partial charge >= 0.3 is 0 Å². The fraction of sp³-hybridized carbons (Fsp3) is 0.737. The lowest BCUT2D eigenvalue weighted by molar-refractivity contribution is 0.545. The lowest BCUT2D eigenvalue weighted by Gasteiger charge is -2.01. The van der Waals surface area contributed by atoms with E-state index in [2.05, 4.69) is 11.9 Å². The van der Waals surface area contributed by atoms with Gasteiger partial charge in [0.05, 0.1) is 0 Å². The molecule has 2 N–H and O–H groups in total. The van der Waals surface area contributed by atoms with Gasteiger partial charge in [-0.25, -0.2) is 0 Å². The summed E-state index contributed by atoms with van der Waals surface area (Å²) in [6, 6.07) is 5.72. The first kappa shape index (κ1) is 20.1. The van der Waals surface area contributed by atoms with Crippen LogP contribution in [-0.2, 0) is 0 Å². The zero-order valence-corrected chi connectivity index (χ0v) is 14.1. The van der Waals surface area contributed by atoms with Crippen molar-refractivity contribution < 1.29 is 0 Å². The van der Waals surface area contributed by atoms with Gasteiger partial charge in [-0.2, -0.15) is 0 Å². The Labute approximate surface area is 132 Å². The van der Waals surface area contributed by atoms with Gasteiger partial charge in [0.1, 0.15) is 0 Å². The molecule has 0 radical (unpaired) electrons. The molecule has 1 aromatic rings. The summed E-state index contributed by atoms with van der Waals surface area (Å²) in [5.41, 5.74) is 5.45. The number of hydrogen-bond acceptors (Lipinski definition) is 2. The molecule has 0 saturated carbocycles. The molecule has 0 aliphatic carbocycles. The summed E-state index contributed by atoms with van der Waals surface area (Å²) in [6.07, 6.45) is 20.4. The molecular weight excluding hydrogens is 256 g/mol. The van der Waals surface area contributed by atoms with Crippen LogP contribution in [0.2, 0.25) is 0 Å². The van der Waals surface area contributed by atoms with E-state index in [0.29, 0.717) is 0 Å². The van der Waals surface area contributed by atoms with Gasteiger partial charge in [0.2, 0.25) is 0 Å². The van der Waals surface area contributed by atoms with Crippen molar-refractivity contribution in [3.63, 3.8) is 0 Å². The summed E-state index contributed by atoms with van der Waals surface area (Å²) in [5, 5.41) is 0. The molecule has 1 rings (SSSR count). The van der Waals surface area contributed by atoms with E-state index in [1.165, 1.54) is 77.0 Å². The smallest absolute Gasteiger partial charge is 0.0267 e. The zero-order valence-electron chi connectivity index (χ0n) is 14.1. The fourth-order valence-electron chi connectivity index (χ4n) is 2.30. The molecule has 0 unspecified atom stereocenters. The van der Waals surface area contributed by atoms with Crippen LogP contribution in [0.4, 0.5) is 0 Å². The van der Waals surface area contributed by atoms with Crippen LogP contribution in [0.1, 0.15) is 84.0 Å². The van der Waals surface area contributed by atoms with Gasteiger partial charge in [-0.3, -0.25) is 4.98 Å². The molecule has 122 valence electrons. The van der Waals surface area contributed by atoms with Gasteiger partial charge in [-0.05, 0) is 25.1 Å². The molecular formula is C19H36N2. The second-order valence-corrected chi connectivity index (χ2v) is 5.70. The quantitative estimate of drug-likeness (QED) is 0.500. The van der Waals surface area contributed by atoms with Gasteiger partial charge in [0, 0.05) is 12.4 Å². The van der Waals surface area contributed by atoms with Crippen LogP contribution in [0, 0.1) is 0 Å². The number of nitrogens with zero attached hydrogens (tertiary/aromatic N) is 1. The molecule has 0 amide bonds. The molecule has 21 heavy (non-hydrogen) atoms. The van der Waals surface area contributed by atoms with Crippen LogP contribution in [0.15, 0.2) is 30.6 Å². The van der Waals surface area contributed by atoms with Crippen molar-refractivity contribution >= 4 is 0 Å². The van der Waals surface area contributed by atoms with Crippen molar-refractivity contribution in [1.82, 2.24) is 4.98 Å². The summed E-state index contributed by atoms with van der Waals surface area (Å²) in [6.45, 7) is 3.15. The van der Waals surface area contributed by atoms with Gasteiger partial charge in [0.25, 0.3) is 0 Å². The Morgan fingerprint density at radius 1 is 0.619 bits per heavy atom. The number of aromatic nitrogens is 1. The Morgan fingerprint density at radius 2 is 1.05 bits per heavy atom. The van der Waals surface area contributed by atoms with Gasteiger partial charge in [-0.15, -0.1) is 0 Å². The molecule has 2 nitrogen and oxygen atoms in total. The molecule has 1 aromatic heterocycles. The van der Waals surface area contributed by atoms with Gasteiger partial charge in [-0.1, -0.05) is 83.6 Å². The van der Waals surface area contributed by atoms with E-state index in [4.69, 9.17) is 5.73 Å². The first-order chi connectivity index (χ1) is 10.4. The number of unbranched alkanes of at least 4 members (excludes halogenated alkanes) is 11. The third-order valence-corrected chi connectivity index (χ3v) is 3.62. The summed E-state index contributed by atoms with van der Waals surface area (Å²) in [5.74, 6) is 0. The van der Waals surface area contributed by atoms with Crippen molar-refractivity contribution in [3.05, 3.63) is 30.6 Å². The highest BCUT2D eigenvalue weighted by molar-refractivity contribution is 4.88. The summed E-state index contributed by atoms with van der Waals surface area (Å²) >= 11 is 0. The Bertz CT molecular complexity index is 223. The lowest BCUT2D eigenvalue weighted by atomic mass is 10.1. The Kier molecular flexibility index (Phi) is 18.3. The van der Waals surface area contributed by atoms with Crippen molar-refractivity contribution in [3.8, 4) is 0 Å². The van der Waals surface area contributed by atoms with Crippen LogP contribution in [-0.4, -0.2) is 11.5 Å². The molecule has 0 aliphatic rings. The summed E-state index contributed by atoms with van der Waals surface area (Å²) < 4.78 is 0. The second-order valence-electron chi connectivity index (χ2n) is 5.70. The van der Waals surface area contributed by atoms with E-state index >= 15 is 0 Å². The fourth-order valence-corrected chi connectivity index (χ4v) is 2.30. The number of pyridine rings is 1. The van der Waals surface area contributed by atoms with Crippen LogP contribution in [0.3, 0.4) is 0 Å². The molecule has 0 saturated heterocycles. The molecule has 0 atom stereocenters. The topological polar surface area (TPSA) is 38.9 Å². The zero-order chi connectivity index (χ0) is 15.4. The monoisotopic (exact) mass is 292 g/mol. The van der Waals surface area contributed by atoms with Crippen molar-refractivity contribution in [1.29, 1.82) is 0 Å². The van der Waals surface area contributed by atoms with E-state index in [-0.39, 0.29) is 0 Å². The highest BCUT2D eigenvalue weighted by atomic mass is 14.6. The first-order valence-electron chi connectivity index (χ1n) is 8.97. The molecule has 2 heteroatoms. The molecule has 0 fully saturated rings. The van der Waals surface area contributed by atoms with Crippen molar-refractivity contribution in [2.24, 2.45) is 5.73 Å². The number of nitrogens with two attached hydrogens (primary N) is 1. The maximum absolute atomic E-state index is 5.45. The minimum absolute atomic E-state index is 0.872. The summed E-state index contributed by atoms with van der Waals surface area (Å²) in [7, 11) is 0. The molecule has 0 aromatic carbocycles. The van der Waals surface area contributed by atoms with E-state index < -0.39 is 0 Å². The van der Waals surface area contributed by atoms with Gasteiger partial charge < -0.3 is 5.73 Å². The first-order valence-corrected chi connectivity index (χ1v) is 8.97. The van der Waals surface area contributed by atoms with Crippen LogP contribution in [0.25, 0.3) is 0 Å². The van der Waals surface area contributed by atoms with Crippen molar-refractivity contribution in [2.45, 2.75) is 84.0 Å². The average Bonchev–Trinajstić information content (AvgIpc) is 2.55. The van der Waals surface area contributed by atoms with E-state index in [9.17, 15) is 0 Å².